The van der Waals surface area contributed by atoms with E-state index >= 15 is 0 Å². The maximum Gasteiger partial charge on any atom is 0.235 e. The Morgan fingerprint density at radius 3 is 2.43 bits per heavy atom. The standard InChI is InChI=1S/C17H23N5O/c1-3-14-10-20-17(21-11-14)22-8-4-15(5-9-22)12-23-16-13(2)18-6-7-19-16/h6-7,10-11,15H,3-5,8-9,12H2,1-2H3. The zero-order chi connectivity index (χ0) is 16.1. The number of aryl methyl sites for hydroxylation is 2. The van der Waals surface area contributed by atoms with Crippen molar-refractivity contribution in [2.75, 3.05) is 24.6 Å². The number of aromatic nitrogens is 4. The van der Waals surface area contributed by atoms with Crippen LogP contribution in [-0.2, 0) is 6.42 Å². The third-order valence-corrected chi connectivity index (χ3v) is 4.29. The lowest BCUT2D eigenvalue weighted by atomic mass is 9.98. The van der Waals surface area contributed by atoms with E-state index in [9.17, 15) is 0 Å². The van der Waals surface area contributed by atoms with Gasteiger partial charge in [0.25, 0.3) is 0 Å². The molecule has 1 aliphatic heterocycles. The molecule has 23 heavy (non-hydrogen) atoms. The van der Waals surface area contributed by atoms with Gasteiger partial charge in [-0.1, -0.05) is 6.92 Å². The van der Waals surface area contributed by atoms with Crippen LogP contribution < -0.4 is 9.64 Å². The van der Waals surface area contributed by atoms with Crippen molar-refractivity contribution in [3.05, 3.63) is 36.0 Å². The lowest BCUT2D eigenvalue weighted by molar-refractivity contribution is 0.213. The van der Waals surface area contributed by atoms with Crippen molar-refractivity contribution >= 4 is 5.95 Å². The van der Waals surface area contributed by atoms with Gasteiger partial charge in [-0.2, -0.15) is 0 Å². The summed E-state index contributed by atoms with van der Waals surface area (Å²) in [6.45, 7) is 6.67. The Balaban J connectivity index is 1.49. The molecule has 2 aromatic heterocycles. The molecule has 6 nitrogen and oxygen atoms in total. The van der Waals surface area contributed by atoms with Crippen molar-refractivity contribution in [1.82, 2.24) is 19.9 Å². The van der Waals surface area contributed by atoms with Crippen molar-refractivity contribution in [3.8, 4) is 5.88 Å². The Morgan fingerprint density at radius 2 is 1.78 bits per heavy atom. The van der Waals surface area contributed by atoms with Crippen LogP contribution in [0.3, 0.4) is 0 Å². The second-order valence-corrected chi connectivity index (χ2v) is 5.93. The fourth-order valence-corrected chi connectivity index (χ4v) is 2.73. The number of nitrogens with zero attached hydrogens (tertiary/aromatic N) is 5. The van der Waals surface area contributed by atoms with Crippen LogP contribution in [0, 0.1) is 12.8 Å². The molecule has 0 amide bonds. The van der Waals surface area contributed by atoms with E-state index in [1.807, 2.05) is 19.3 Å². The zero-order valence-corrected chi connectivity index (χ0v) is 13.8. The van der Waals surface area contributed by atoms with Crippen molar-refractivity contribution in [2.24, 2.45) is 5.92 Å². The monoisotopic (exact) mass is 313 g/mol. The molecule has 2 aromatic rings. The van der Waals surface area contributed by atoms with Gasteiger partial charge in [0.15, 0.2) is 0 Å². The summed E-state index contributed by atoms with van der Waals surface area (Å²) in [5.41, 5.74) is 2.02. The van der Waals surface area contributed by atoms with E-state index in [1.54, 1.807) is 12.4 Å². The average Bonchev–Trinajstić information content (AvgIpc) is 2.62. The van der Waals surface area contributed by atoms with Gasteiger partial charge in [-0.15, -0.1) is 0 Å². The number of rotatable bonds is 5. The molecular weight excluding hydrogens is 290 g/mol. The summed E-state index contributed by atoms with van der Waals surface area (Å²) in [6.07, 6.45) is 10.3. The predicted octanol–water partition coefficient (Wildman–Crippen LogP) is 2.43. The minimum absolute atomic E-state index is 0.544. The van der Waals surface area contributed by atoms with Crippen molar-refractivity contribution in [3.63, 3.8) is 0 Å². The van der Waals surface area contributed by atoms with Gasteiger partial charge in [0, 0.05) is 37.9 Å². The van der Waals surface area contributed by atoms with Crippen molar-refractivity contribution < 1.29 is 4.74 Å². The Kier molecular flexibility index (Phi) is 5.00. The van der Waals surface area contributed by atoms with Gasteiger partial charge >= 0.3 is 0 Å². The van der Waals surface area contributed by atoms with E-state index in [0.717, 1.165) is 44.0 Å². The number of hydrogen-bond acceptors (Lipinski definition) is 6. The van der Waals surface area contributed by atoms with Gasteiger partial charge in [-0.05, 0) is 37.7 Å². The molecule has 122 valence electrons. The fourth-order valence-electron chi connectivity index (χ4n) is 2.73. The number of anilines is 1. The molecule has 6 heteroatoms. The average molecular weight is 313 g/mol. The number of hydrogen-bond donors (Lipinski definition) is 0. The largest absolute Gasteiger partial charge is 0.476 e. The first-order chi connectivity index (χ1) is 11.3. The topological polar surface area (TPSA) is 64.0 Å². The molecule has 1 fully saturated rings. The van der Waals surface area contributed by atoms with E-state index in [1.165, 1.54) is 5.56 Å². The predicted molar refractivity (Wildman–Crippen MR) is 88.6 cm³/mol. The summed E-state index contributed by atoms with van der Waals surface area (Å²) in [4.78, 5) is 19.6. The normalized spacial score (nSPS) is 15.7. The molecule has 0 unspecified atom stereocenters. The van der Waals surface area contributed by atoms with Crippen molar-refractivity contribution in [1.29, 1.82) is 0 Å². The van der Waals surface area contributed by atoms with Gasteiger partial charge in [-0.25, -0.2) is 15.0 Å². The first-order valence-electron chi connectivity index (χ1n) is 8.22. The molecule has 0 aromatic carbocycles. The van der Waals surface area contributed by atoms with Crippen LogP contribution in [0.25, 0.3) is 0 Å². The van der Waals surface area contributed by atoms with Crippen LogP contribution in [-0.4, -0.2) is 39.6 Å². The minimum atomic E-state index is 0.544. The second kappa shape index (κ2) is 7.35. The molecule has 0 bridgehead atoms. The molecule has 1 saturated heterocycles. The molecule has 0 atom stereocenters. The first kappa shape index (κ1) is 15.6. The van der Waals surface area contributed by atoms with Crippen LogP contribution in [0.4, 0.5) is 5.95 Å². The molecule has 0 saturated carbocycles. The van der Waals surface area contributed by atoms with E-state index < -0.39 is 0 Å². The van der Waals surface area contributed by atoms with Crippen LogP contribution in [0.15, 0.2) is 24.8 Å². The summed E-state index contributed by atoms with van der Waals surface area (Å²) in [5.74, 6) is 2.03. The van der Waals surface area contributed by atoms with E-state index in [0.29, 0.717) is 18.4 Å². The van der Waals surface area contributed by atoms with Gasteiger partial charge in [0.05, 0.1) is 12.3 Å². The van der Waals surface area contributed by atoms with Gasteiger partial charge < -0.3 is 9.64 Å². The lowest BCUT2D eigenvalue weighted by Crippen LogP contribution is -2.36. The Hall–Kier alpha value is -2.24. The van der Waals surface area contributed by atoms with E-state index in [4.69, 9.17) is 4.74 Å². The summed E-state index contributed by atoms with van der Waals surface area (Å²) >= 11 is 0. The molecule has 1 aliphatic rings. The SMILES string of the molecule is CCc1cnc(N2CCC(COc3nccnc3C)CC2)nc1. The minimum Gasteiger partial charge on any atom is -0.476 e. The third kappa shape index (κ3) is 3.94. The summed E-state index contributed by atoms with van der Waals surface area (Å²) in [7, 11) is 0. The molecule has 3 heterocycles. The molecule has 0 aliphatic carbocycles. The van der Waals surface area contributed by atoms with Crippen LogP contribution in [0.5, 0.6) is 5.88 Å². The highest BCUT2D eigenvalue weighted by Gasteiger charge is 2.21. The molecule has 3 rings (SSSR count). The van der Waals surface area contributed by atoms with Crippen molar-refractivity contribution in [2.45, 2.75) is 33.1 Å². The van der Waals surface area contributed by atoms with Crippen LogP contribution in [0.1, 0.15) is 31.0 Å². The summed E-state index contributed by atoms with van der Waals surface area (Å²) in [5, 5.41) is 0. The maximum atomic E-state index is 5.82. The summed E-state index contributed by atoms with van der Waals surface area (Å²) in [6, 6.07) is 0. The summed E-state index contributed by atoms with van der Waals surface area (Å²) < 4.78 is 5.82. The molecular formula is C17H23N5O. The highest BCUT2D eigenvalue weighted by atomic mass is 16.5. The maximum absolute atomic E-state index is 5.82. The van der Waals surface area contributed by atoms with E-state index in [2.05, 4.69) is 31.8 Å². The fraction of sp³-hybridized carbons (Fsp3) is 0.529. The number of ether oxygens (including phenoxy) is 1. The van der Waals surface area contributed by atoms with Gasteiger partial charge in [-0.3, -0.25) is 4.98 Å². The molecule has 0 N–H and O–H groups in total. The van der Waals surface area contributed by atoms with Gasteiger partial charge in [0.2, 0.25) is 11.8 Å². The number of piperidine rings is 1. The Labute approximate surface area is 137 Å². The Morgan fingerprint density at radius 1 is 1.09 bits per heavy atom. The zero-order valence-electron chi connectivity index (χ0n) is 13.8. The highest BCUT2D eigenvalue weighted by Crippen LogP contribution is 2.22. The first-order valence-corrected chi connectivity index (χ1v) is 8.22. The van der Waals surface area contributed by atoms with E-state index in [-0.39, 0.29) is 0 Å². The molecule has 0 spiro atoms. The Bertz CT molecular complexity index is 623. The quantitative estimate of drug-likeness (QED) is 0.845. The smallest absolute Gasteiger partial charge is 0.235 e. The second-order valence-electron chi connectivity index (χ2n) is 5.93. The third-order valence-electron chi connectivity index (χ3n) is 4.29. The van der Waals surface area contributed by atoms with Gasteiger partial charge in [0.1, 0.15) is 0 Å². The lowest BCUT2D eigenvalue weighted by Gasteiger charge is -2.31. The van der Waals surface area contributed by atoms with Crippen LogP contribution in [0.2, 0.25) is 0 Å². The molecule has 0 radical (unpaired) electrons. The highest BCUT2D eigenvalue weighted by molar-refractivity contribution is 5.30. The van der Waals surface area contributed by atoms with Crippen LogP contribution >= 0.6 is 0 Å².